The van der Waals surface area contributed by atoms with Crippen LogP contribution in [-0.4, -0.2) is 39.6 Å². The predicted molar refractivity (Wildman–Crippen MR) is 156 cm³/mol. The van der Waals surface area contributed by atoms with Crippen LogP contribution >= 0.6 is 7.60 Å². The van der Waals surface area contributed by atoms with Gasteiger partial charge in [-0.15, -0.1) is 0 Å². The predicted octanol–water partition coefficient (Wildman–Crippen LogP) is 9.39. The molecule has 0 heterocycles. The van der Waals surface area contributed by atoms with Crippen molar-refractivity contribution >= 4 is 7.60 Å². The zero-order chi connectivity index (χ0) is 27.9. The van der Waals surface area contributed by atoms with Crippen LogP contribution in [0.15, 0.2) is 41.5 Å². The van der Waals surface area contributed by atoms with Crippen molar-refractivity contribution < 1.29 is 23.1 Å². The van der Waals surface area contributed by atoms with Gasteiger partial charge in [0, 0.05) is 19.1 Å². The molecule has 38 heavy (non-hydrogen) atoms. The van der Waals surface area contributed by atoms with Crippen molar-refractivity contribution in [3.8, 4) is 5.75 Å². The second-order valence-corrected chi connectivity index (χ2v) is 12.0. The molecule has 9 heteroatoms. The number of hydrogen-bond acceptors (Lipinski definition) is 6. The van der Waals surface area contributed by atoms with Crippen LogP contribution in [0.25, 0.3) is 10.4 Å². The highest BCUT2D eigenvalue weighted by Crippen LogP contribution is 2.47. The fraction of sp³-hybridized carbons (Fsp3) is 0.724. The first kappa shape index (κ1) is 34.2. The molecule has 0 saturated carbocycles. The Balaban J connectivity index is 2.60. The summed E-state index contributed by atoms with van der Waals surface area (Å²) in [6.45, 7) is 2.61. The highest BCUT2D eigenvalue weighted by molar-refractivity contribution is 7.53. The van der Waals surface area contributed by atoms with E-state index in [-0.39, 0.29) is 6.16 Å². The van der Waals surface area contributed by atoms with Gasteiger partial charge in [0.05, 0.1) is 32.0 Å². The molecule has 1 aromatic carbocycles. The minimum Gasteiger partial charge on any atom is -0.497 e. The highest BCUT2D eigenvalue weighted by atomic mass is 31.2. The maximum Gasteiger partial charge on any atom is 0.330 e. The lowest BCUT2D eigenvalue weighted by atomic mass is 10.0. The summed E-state index contributed by atoms with van der Waals surface area (Å²) >= 11 is 0. The van der Waals surface area contributed by atoms with E-state index in [0.29, 0.717) is 13.0 Å². The number of benzene rings is 1. The quantitative estimate of drug-likeness (QED) is 0.0318. The Morgan fingerprint density at radius 2 is 1.50 bits per heavy atom. The number of ether oxygens (including phenoxy) is 2. The van der Waals surface area contributed by atoms with E-state index >= 15 is 0 Å². The van der Waals surface area contributed by atoms with Gasteiger partial charge in [0.15, 0.2) is 0 Å². The summed E-state index contributed by atoms with van der Waals surface area (Å²) in [4.78, 5) is 3.02. The molecule has 0 aromatic heterocycles. The fourth-order valence-electron chi connectivity index (χ4n) is 4.27. The smallest absolute Gasteiger partial charge is 0.330 e. The third kappa shape index (κ3) is 15.6. The van der Waals surface area contributed by atoms with E-state index in [1.807, 2.05) is 30.3 Å². The molecule has 0 aliphatic rings. The average Bonchev–Trinajstić information content (AvgIpc) is 2.95. The first-order valence-electron chi connectivity index (χ1n) is 14.2. The second kappa shape index (κ2) is 22.0. The van der Waals surface area contributed by atoms with Gasteiger partial charge in [-0.1, -0.05) is 101 Å². The van der Waals surface area contributed by atoms with Crippen LogP contribution in [0.1, 0.15) is 96.0 Å². The van der Waals surface area contributed by atoms with Gasteiger partial charge in [0.2, 0.25) is 0 Å². The molecule has 0 saturated heterocycles. The number of rotatable bonds is 24. The maximum absolute atomic E-state index is 12.6. The number of hydrogen-bond donors (Lipinski definition) is 0. The molecule has 0 bridgehead atoms. The van der Waals surface area contributed by atoms with E-state index in [1.165, 1.54) is 78.4 Å². The average molecular weight is 552 g/mol. The summed E-state index contributed by atoms with van der Waals surface area (Å²) in [6.07, 6.45) is 19.4. The zero-order valence-corrected chi connectivity index (χ0v) is 24.9. The topological polar surface area (TPSA) is 103 Å². The van der Waals surface area contributed by atoms with E-state index in [2.05, 4.69) is 23.0 Å². The van der Waals surface area contributed by atoms with Crippen molar-refractivity contribution in [2.75, 3.05) is 27.5 Å². The summed E-state index contributed by atoms with van der Waals surface area (Å²) in [6, 6.07) is 7.11. The molecule has 0 amide bonds. The van der Waals surface area contributed by atoms with Gasteiger partial charge in [-0.3, -0.25) is 4.57 Å². The van der Waals surface area contributed by atoms with Crippen LogP contribution < -0.4 is 4.74 Å². The fourth-order valence-corrected chi connectivity index (χ4v) is 5.36. The Kier molecular flexibility index (Phi) is 19.8. The largest absolute Gasteiger partial charge is 0.497 e. The SMILES string of the molecule is CCCCCCCCCCCCC/C=C/[C@@H](OCc1ccc(OC)cc1)[C@H](CCP(=O)(OC)OC)N=[N+]=[N-]. The van der Waals surface area contributed by atoms with Gasteiger partial charge in [-0.25, -0.2) is 0 Å². The van der Waals surface area contributed by atoms with Gasteiger partial charge in [-0.2, -0.15) is 0 Å². The summed E-state index contributed by atoms with van der Waals surface area (Å²) in [7, 11) is 1.13. The molecule has 1 rings (SSSR count). The van der Waals surface area contributed by atoms with Crippen molar-refractivity contribution in [1.29, 1.82) is 0 Å². The van der Waals surface area contributed by atoms with Gasteiger partial charge < -0.3 is 18.5 Å². The number of unbranched alkanes of at least 4 members (excludes halogenated alkanes) is 11. The van der Waals surface area contributed by atoms with Gasteiger partial charge >= 0.3 is 7.60 Å². The third-order valence-corrected chi connectivity index (χ3v) is 8.65. The molecule has 0 radical (unpaired) electrons. The molecule has 216 valence electrons. The molecule has 8 nitrogen and oxygen atoms in total. The van der Waals surface area contributed by atoms with Crippen molar-refractivity contribution in [3.05, 3.63) is 52.4 Å². The van der Waals surface area contributed by atoms with Crippen molar-refractivity contribution in [3.63, 3.8) is 0 Å². The van der Waals surface area contributed by atoms with E-state index in [9.17, 15) is 10.1 Å². The van der Waals surface area contributed by atoms with Crippen LogP contribution in [0, 0.1) is 0 Å². The minimum atomic E-state index is -3.22. The molecule has 0 spiro atoms. The van der Waals surface area contributed by atoms with E-state index < -0.39 is 19.7 Å². The van der Waals surface area contributed by atoms with Crippen LogP contribution in [0.5, 0.6) is 5.75 Å². The number of azide groups is 1. The Hall–Kier alpha value is -1.82. The first-order valence-corrected chi connectivity index (χ1v) is 15.9. The monoisotopic (exact) mass is 551 g/mol. The minimum absolute atomic E-state index is 0.137. The van der Waals surface area contributed by atoms with Gasteiger partial charge in [0.25, 0.3) is 0 Å². The zero-order valence-electron chi connectivity index (χ0n) is 24.1. The maximum atomic E-state index is 12.6. The van der Waals surface area contributed by atoms with Crippen molar-refractivity contribution in [2.45, 2.75) is 109 Å². The Bertz CT molecular complexity index is 835. The molecule has 0 N–H and O–H groups in total. The number of methoxy groups -OCH3 is 1. The standard InChI is InChI=1S/C29H50N3O5P/c1-5-6-7-8-9-10-11-12-13-14-15-16-17-18-29(37-25-26-19-21-27(34-2)22-20-26)28(31-32-30)23-24-38(33,35-3)36-4/h17-22,28-29H,5-16,23-25H2,1-4H3/b18-17+/t28-,29+/m0/s1. The highest BCUT2D eigenvalue weighted by Gasteiger charge is 2.26. The molecule has 0 fully saturated rings. The third-order valence-electron chi connectivity index (χ3n) is 6.74. The first-order chi connectivity index (χ1) is 18.5. The summed E-state index contributed by atoms with van der Waals surface area (Å²) < 4.78 is 34.1. The molecule has 0 unspecified atom stereocenters. The van der Waals surface area contributed by atoms with Gasteiger partial charge in [-0.05, 0) is 42.5 Å². The van der Waals surface area contributed by atoms with Crippen LogP contribution in [-0.2, 0) is 25.0 Å². The van der Waals surface area contributed by atoms with E-state index in [0.717, 1.165) is 24.2 Å². The van der Waals surface area contributed by atoms with E-state index in [1.54, 1.807) is 7.11 Å². The van der Waals surface area contributed by atoms with Crippen LogP contribution in [0.2, 0.25) is 0 Å². The van der Waals surface area contributed by atoms with Crippen LogP contribution in [0.3, 0.4) is 0 Å². The Labute approximate surface area is 230 Å². The lowest BCUT2D eigenvalue weighted by Crippen LogP contribution is -2.26. The lowest BCUT2D eigenvalue weighted by Gasteiger charge is -2.23. The van der Waals surface area contributed by atoms with E-state index in [4.69, 9.17) is 18.5 Å². The van der Waals surface area contributed by atoms with Crippen molar-refractivity contribution in [1.82, 2.24) is 0 Å². The number of nitrogens with zero attached hydrogens (tertiary/aromatic N) is 3. The normalized spacial score (nSPS) is 13.4. The van der Waals surface area contributed by atoms with Crippen LogP contribution in [0.4, 0.5) is 0 Å². The molecule has 1 aromatic rings. The molecule has 2 atom stereocenters. The number of allylic oxidation sites excluding steroid dienone is 1. The molecule has 0 aliphatic carbocycles. The summed E-state index contributed by atoms with van der Waals surface area (Å²) in [5.41, 5.74) is 10.2. The summed E-state index contributed by atoms with van der Waals surface area (Å²) in [5.74, 6) is 0.777. The molecular weight excluding hydrogens is 501 g/mol. The Morgan fingerprint density at radius 3 is 2.03 bits per heavy atom. The van der Waals surface area contributed by atoms with Crippen molar-refractivity contribution in [2.24, 2.45) is 5.11 Å². The lowest BCUT2D eigenvalue weighted by molar-refractivity contribution is 0.0540. The molecular formula is C29H50N3O5P. The second-order valence-electron chi connectivity index (χ2n) is 9.64. The van der Waals surface area contributed by atoms with Gasteiger partial charge in [0.1, 0.15) is 5.75 Å². The molecule has 0 aliphatic heterocycles. The summed E-state index contributed by atoms with van der Waals surface area (Å²) in [5, 5.41) is 3.97. The Morgan fingerprint density at radius 1 is 0.921 bits per heavy atom.